The van der Waals surface area contributed by atoms with E-state index in [1.165, 1.54) is 23.1 Å². The lowest BCUT2D eigenvalue weighted by Crippen LogP contribution is -2.26. The molecule has 4 aromatic rings. The number of amides is 1. The van der Waals surface area contributed by atoms with Crippen LogP contribution in [0.1, 0.15) is 6.92 Å². The number of primary amides is 1. The Balaban J connectivity index is 2.00. The summed E-state index contributed by atoms with van der Waals surface area (Å²) >= 11 is 4.22. The standard InChI is InChI=1S/C19H15N3O2S3/c1-11(16(20)23)27-19-21-17-15(13(10-26-17)14-8-5-9-25-14)18(24)22(19)12-6-3-2-4-7-12/h2-11H,1H3,(H2,20,23)/t11-/m0/s1. The monoisotopic (exact) mass is 413 g/mol. The Morgan fingerprint density at radius 3 is 2.63 bits per heavy atom. The molecule has 5 nitrogen and oxygen atoms in total. The number of nitrogens with two attached hydrogens (primary N) is 1. The van der Waals surface area contributed by atoms with Crippen molar-refractivity contribution < 1.29 is 4.79 Å². The second-order valence-electron chi connectivity index (χ2n) is 5.84. The lowest BCUT2D eigenvalue weighted by atomic mass is 10.2. The molecule has 0 saturated carbocycles. The highest BCUT2D eigenvalue weighted by Crippen LogP contribution is 2.35. The second kappa shape index (κ2) is 7.30. The Morgan fingerprint density at radius 1 is 1.19 bits per heavy atom. The van der Waals surface area contributed by atoms with Crippen molar-refractivity contribution in [2.24, 2.45) is 5.73 Å². The third-order valence-electron chi connectivity index (χ3n) is 4.06. The molecule has 0 bridgehead atoms. The lowest BCUT2D eigenvalue weighted by molar-refractivity contribution is -0.117. The third kappa shape index (κ3) is 3.31. The van der Waals surface area contributed by atoms with E-state index >= 15 is 0 Å². The first kappa shape index (κ1) is 18.0. The summed E-state index contributed by atoms with van der Waals surface area (Å²) in [5.41, 5.74) is 6.88. The Morgan fingerprint density at radius 2 is 1.96 bits per heavy atom. The number of nitrogens with zero attached hydrogens (tertiary/aromatic N) is 2. The van der Waals surface area contributed by atoms with Gasteiger partial charge in [-0.3, -0.25) is 14.2 Å². The van der Waals surface area contributed by atoms with Crippen LogP contribution in [0.15, 0.2) is 63.2 Å². The highest BCUT2D eigenvalue weighted by atomic mass is 32.2. The van der Waals surface area contributed by atoms with Crippen LogP contribution in [0.5, 0.6) is 0 Å². The van der Waals surface area contributed by atoms with E-state index in [0.717, 1.165) is 10.4 Å². The highest BCUT2D eigenvalue weighted by Gasteiger charge is 2.21. The molecule has 0 fully saturated rings. The maximum absolute atomic E-state index is 13.5. The summed E-state index contributed by atoms with van der Waals surface area (Å²) in [5.74, 6) is -0.445. The van der Waals surface area contributed by atoms with Crippen LogP contribution in [-0.4, -0.2) is 20.7 Å². The number of benzene rings is 1. The molecule has 0 aliphatic rings. The number of fused-ring (bicyclic) bond motifs is 1. The number of carbonyl (C=O) groups is 1. The topological polar surface area (TPSA) is 78.0 Å². The van der Waals surface area contributed by atoms with E-state index < -0.39 is 11.2 Å². The number of aromatic nitrogens is 2. The first-order valence-corrected chi connectivity index (χ1v) is 10.8. The zero-order chi connectivity index (χ0) is 19.0. The van der Waals surface area contributed by atoms with Crippen LogP contribution < -0.4 is 11.3 Å². The number of para-hydroxylation sites is 1. The number of thioether (sulfide) groups is 1. The van der Waals surface area contributed by atoms with Gasteiger partial charge < -0.3 is 5.73 Å². The van der Waals surface area contributed by atoms with E-state index in [-0.39, 0.29) is 5.56 Å². The van der Waals surface area contributed by atoms with Gasteiger partial charge in [0.15, 0.2) is 5.16 Å². The predicted octanol–water partition coefficient (Wildman–Crippen LogP) is 4.14. The maximum Gasteiger partial charge on any atom is 0.268 e. The Hall–Kier alpha value is -2.42. The highest BCUT2D eigenvalue weighted by molar-refractivity contribution is 8.00. The largest absolute Gasteiger partial charge is 0.369 e. The van der Waals surface area contributed by atoms with E-state index in [2.05, 4.69) is 0 Å². The average Bonchev–Trinajstić information content (AvgIpc) is 3.31. The first-order chi connectivity index (χ1) is 13.1. The van der Waals surface area contributed by atoms with Crippen LogP contribution in [0.25, 0.3) is 26.3 Å². The normalized spacial score (nSPS) is 12.3. The molecule has 1 amide bonds. The van der Waals surface area contributed by atoms with Crippen LogP contribution in [0, 0.1) is 0 Å². The minimum atomic E-state index is -0.499. The number of thiophene rings is 2. The van der Waals surface area contributed by atoms with Crippen LogP contribution in [0.2, 0.25) is 0 Å². The third-order valence-corrected chi connectivity index (χ3v) is 6.91. The fraction of sp³-hybridized carbons (Fsp3) is 0.105. The molecule has 0 aliphatic heterocycles. The Bertz CT molecular complexity index is 1160. The molecule has 1 atom stereocenters. The molecule has 1 aromatic carbocycles. The van der Waals surface area contributed by atoms with Crippen LogP contribution in [-0.2, 0) is 4.79 Å². The van der Waals surface area contributed by atoms with Crippen LogP contribution in [0.3, 0.4) is 0 Å². The predicted molar refractivity (Wildman–Crippen MR) is 113 cm³/mol. The van der Waals surface area contributed by atoms with Crippen molar-refractivity contribution in [2.75, 3.05) is 0 Å². The summed E-state index contributed by atoms with van der Waals surface area (Å²) < 4.78 is 1.57. The van der Waals surface area contributed by atoms with E-state index in [1.54, 1.807) is 22.8 Å². The van der Waals surface area contributed by atoms with Crippen molar-refractivity contribution in [1.82, 2.24) is 9.55 Å². The minimum absolute atomic E-state index is 0.143. The van der Waals surface area contributed by atoms with Gasteiger partial charge in [-0.1, -0.05) is 36.0 Å². The summed E-state index contributed by atoms with van der Waals surface area (Å²) in [6, 6.07) is 13.3. The van der Waals surface area contributed by atoms with Crippen molar-refractivity contribution in [1.29, 1.82) is 0 Å². The molecule has 0 aliphatic carbocycles. The summed E-state index contributed by atoms with van der Waals surface area (Å²) in [7, 11) is 0. The van der Waals surface area contributed by atoms with Crippen LogP contribution >= 0.6 is 34.4 Å². The van der Waals surface area contributed by atoms with Gasteiger partial charge >= 0.3 is 0 Å². The zero-order valence-electron chi connectivity index (χ0n) is 14.3. The Kier molecular flexibility index (Phi) is 4.86. The van der Waals surface area contributed by atoms with Crippen molar-refractivity contribution in [2.45, 2.75) is 17.3 Å². The SMILES string of the molecule is C[C@H](Sc1nc2scc(-c3cccs3)c2c(=O)n1-c1ccccc1)C(N)=O. The molecule has 0 radical (unpaired) electrons. The van der Waals surface area contributed by atoms with E-state index in [9.17, 15) is 9.59 Å². The van der Waals surface area contributed by atoms with E-state index in [1.807, 2.05) is 53.2 Å². The van der Waals surface area contributed by atoms with Crippen molar-refractivity contribution in [3.8, 4) is 16.1 Å². The molecule has 0 spiro atoms. The van der Waals surface area contributed by atoms with E-state index in [4.69, 9.17) is 10.7 Å². The fourth-order valence-corrected chi connectivity index (χ4v) is 5.37. The Labute approximate surface area is 167 Å². The first-order valence-electron chi connectivity index (χ1n) is 8.16. The summed E-state index contributed by atoms with van der Waals surface area (Å²) in [6.07, 6.45) is 0. The smallest absolute Gasteiger partial charge is 0.268 e. The molecule has 27 heavy (non-hydrogen) atoms. The molecular weight excluding hydrogens is 398 g/mol. The second-order valence-corrected chi connectivity index (χ2v) is 8.95. The van der Waals surface area contributed by atoms with Crippen LogP contribution in [0.4, 0.5) is 0 Å². The van der Waals surface area contributed by atoms with Gasteiger partial charge in [-0.2, -0.15) is 0 Å². The van der Waals surface area contributed by atoms with Gasteiger partial charge in [0.25, 0.3) is 5.56 Å². The summed E-state index contributed by atoms with van der Waals surface area (Å²) in [5, 5.41) is 4.51. The number of carbonyl (C=O) groups excluding carboxylic acids is 1. The van der Waals surface area contributed by atoms with E-state index in [0.29, 0.717) is 21.1 Å². The van der Waals surface area contributed by atoms with Crippen molar-refractivity contribution in [3.05, 3.63) is 63.6 Å². The molecule has 2 N–H and O–H groups in total. The van der Waals surface area contributed by atoms with Gasteiger partial charge in [-0.15, -0.1) is 22.7 Å². The molecule has 0 saturated heterocycles. The van der Waals surface area contributed by atoms with Gasteiger partial charge in [0.1, 0.15) is 4.83 Å². The molecule has 3 heterocycles. The van der Waals surface area contributed by atoms with Gasteiger partial charge in [-0.05, 0) is 30.5 Å². The zero-order valence-corrected chi connectivity index (χ0v) is 16.7. The quantitative estimate of drug-likeness (QED) is 0.394. The maximum atomic E-state index is 13.5. The molecule has 3 aromatic heterocycles. The van der Waals surface area contributed by atoms with Crippen molar-refractivity contribution in [3.63, 3.8) is 0 Å². The minimum Gasteiger partial charge on any atom is -0.369 e. The average molecular weight is 414 g/mol. The van der Waals surface area contributed by atoms with Gasteiger partial charge in [-0.25, -0.2) is 4.98 Å². The number of rotatable bonds is 5. The van der Waals surface area contributed by atoms with Gasteiger partial charge in [0.05, 0.1) is 16.3 Å². The summed E-state index contributed by atoms with van der Waals surface area (Å²) in [4.78, 5) is 31.4. The fourth-order valence-electron chi connectivity index (χ4n) is 2.69. The molecular formula is C19H15N3O2S3. The molecule has 0 unspecified atom stereocenters. The molecule has 136 valence electrons. The number of hydrogen-bond acceptors (Lipinski definition) is 6. The summed E-state index contributed by atoms with van der Waals surface area (Å²) in [6.45, 7) is 1.71. The number of hydrogen-bond donors (Lipinski definition) is 1. The lowest BCUT2D eigenvalue weighted by Gasteiger charge is -2.14. The van der Waals surface area contributed by atoms with Gasteiger partial charge in [0.2, 0.25) is 5.91 Å². The van der Waals surface area contributed by atoms with Gasteiger partial charge in [0, 0.05) is 15.8 Å². The molecule has 4 rings (SSSR count). The molecule has 8 heteroatoms. The van der Waals surface area contributed by atoms with Crippen molar-refractivity contribution >= 4 is 50.6 Å².